The van der Waals surface area contributed by atoms with Crippen LogP contribution < -0.4 is 0 Å². The molecular formula is C31H36N2O. The first-order chi connectivity index (χ1) is 16.8. The van der Waals surface area contributed by atoms with Crippen molar-refractivity contribution in [2.24, 2.45) is 0 Å². The fourth-order valence-corrected chi connectivity index (χ4v) is 4.76. The molecule has 0 radical (unpaired) electrons. The number of benzene rings is 3. The lowest BCUT2D eigenvalue weighted by Crippen LogP contribution is -2.48. The second-order valence-corrected chi connectivity index (χ2v) is 9.11. The fraction of sp³-hybridized carbons (Fsp3) is 0.323. The molecule has 3 heteroatoms. The number of piperazine rings is 1. The second kappa shape index (κ2) is 12.9. The van der Waals surface area contributed by atoms with Crippen molar-refractivity contribution in [1.82, 2.24) is 9.80 Å². The normalized spacial score (nSPS) is 14.7. The van der Waals surface area contributed by atoms with Gasteiger partial charge in [-0.25, -0.2) is 0 Å². The standard InChI is InChI=1S/C31H36N2O/c34-31(33-25-23-32(24-26-33)22-12-15-27-13-4-1-5-14-27)21-11-10-20-30(28-16-6-2-7-17-28)29-18-8-3-9-19-29/h1-9,12-19,30H,10-11,20-26H2. The summed E-state index contributed by atoms with van der Waals surface area (Å²) in [7, 11) is 0. The molecule has 0 atom stereocenters. The molecule has 0 saturated carbocycles. The molecule has 1 aliphatic rings. The molecule has 0 bridgehead atoms. The van der Waals surface area contributed by atoms with Crippen LogP contribution in [0.3, 0.4) is 0 Å². The minimum absolute atomic E-state index is 0.315. The van der Waals surface area contributed by atoms with E-state index in [-0.39, 0.29) is 0 Å². The van der Waals surface area contributed by atoms with E-state index in [1.807, 2.05) is 6.07 Å². The Kier molecular flexibility index (Phi) is 9.10. The summed E-state index contributed by atoms with van der Waals surface area (Å²) in [6.45, 7) is 4.53. The lowest BCUT2D eigenvalue weighted by Gasteiger charge is -2.34. The molecule has 4 rings (SSSR count). The van der Waals surface area contributed by atoms with Crippen molar-refractivity contribution in [3.63, 3.8) is 0 Å². The largest absolute Gasteiger partial charge is 0.340 e. The van der Waals surface area contributed by atoms with Gasteiger partial charge >= 0.3 is 0 Å². The van der Waals surface area contributed by atoms with Crippen molar-refractivity contribution in [3.8, 4) is 0 Å². The number of carbonyl (C=O) groups excluding carboxylic acids is 1. The molecule has 1 saturated heterocycles. The Bertz CT molecular complexity index is 970. The van der Waals surface area contributed by atoms with E-state index in [0.717, 1.165) is 52.0 Å². The molecule has 3 nitrogen and oxygen atoms in total. The molecule has 0 aliphatic carbocycles. The molecule has 176 valence electrons. The Labute approximate surface area is 204 Å². The van der Waals surface area contributed by atoms with Gasteiger partial charge in [0.05, 0.1) is 0 Å². The van der Waals surface area contributed by atoms with Gasteiger partial charge in [-0.2, -0.15) is 0 Å². The van der Waals surface area contributed by atoms with E-state index in [2.05, 4.69) is 107 Å². The molecular weight excluding hydrogens is 416 g/mol. The molecule has 1 fully saturated rings. The van der Waals surface area contributed by atoms with Gasteiger partial charge in [0.2, 0.25) is 5.91 Å². The molecule has 1 amide bonds. The maximum atomic E-state index is 12.8. The Morgan fingerprint density at radius 2 is 1.29 bits per heavy atom. The van der Waals surface area contributed by atoms with Crippen molar-refractivity contribution in [1.29, 1.82) is 0 Å². The predicted molar refractivity (Wildman–Crippen MR) is 142 cm³/mol. The van der Waals surface area contributed by atoms with Crippen molar-refractivity contribution in [2.75, 3.05) is 32.7 Å². The molecule has 0 spiro atoms. The number of unbranched alkanes of at least 4 members (excludes halogenated alkanes) is 1. The summed E-state index contributed by atoms with van der Waals surface area (Å²) >= 11 is 0. The van der Waals surface area contributed by atoms with Crippen LogP contribution in [0.15, 0.2) is 97.1 Å². The highest BCUT2D eigenvalue weighted by molar-refractivity contribution is 5.76. The van der Waals surface area contributed by atoms with Crippen LogP contribution in [0.25, 0.3) is 6.08 Å². The van der Waals surface area contributed by atoms with Crippen LogP contribution in [-0.2, 0) is 4.79 Å². The monoisotopic (exact) mass is 452 g/mol. The number of rotatable bonds is 10. The summed E-state index contributed by atoms with van der Waals surface area (Å²) in [6.07, 6.45) is 8.14. The van der Waals surface area contributed by atoms with Gasteiger partial charge in [-0.15, -0.1) is 0 Å². The zero-order valence-electron chi connectivity index (χ0n) is 20.1. The van der Waals surface area contributed by atoms with Crippen LogP contribution in [0, 0.1) is 0 Å². The van der Waals surface area contributed by atoms with Crippen molar-refractivity contribution in [3.05, 3.63) is 114 Å². The highest BCUT2D eigenvalue weighted by Gasteiger charge is 2.20. The van der Waals surface area contributed by atoms with E-state index in [1.54, 1.807) is 0 Å². The first-order valence-corrected chi connectivity index (χ1v) is 12.6. The van der Waals surface area contributed by atoms with Crippen LogP contribution in [0.1, 0.15) is 48.3 Å². The third kappa shape index (κ3) is 7.16. The van der Waals surface area contributed by atoms with Gasteiger partial charge in [-0.3, -0.25) is 9.69 Å². The topological polar surface area (TPSA) is 23.6 Å². The zero-order chi connectivity index (χ0) is 23.4. The minimum atomic E-state index is 0.315. The van der Waals surface area contributed by atoms with Gasteiger partial charge in [-0.05, 0) is 29.5 Å². The molecule has 0 unspecified atom stereocenters. The van der Waals surface area contributed by atoms with E-state index >= 15 is 0 Å². The van der Waals surface area contributed by atoms with E-state index < -0.39 is 0 Å². The van der Waals surface area contributed by atoms with Crippen molar-refractivity contribution < 1.29 is 4.79 Å². The third-order valence-corrected chi connectivity index (χ3v) is 6.74. The number of nitrogens with zero attached hydrogens (tertiary/aromatic N) is 2. The molecule has 0 N–H and O–H groups in total. The third-order valence-electron chi connectivity index (χ3n) is 6.74. The summed E-state index contributed by atoms with van der Waals surface area (Å²) in [6, 6.07) is 31.9. The number of amides is 1. The van der Waals surface area contributed by atoms with Crippen LogP contribution in [0.2, 0.25) is 0 Å². The molecule has 0 aromatic heterocycles. The summed E-state index contributed by atoms with van der Waals surface area (Å²) in [4.78, 5) is 17.3. The molecule has 1 heterocycles. The molecule has 1 aliphatic heterocycles. The van der Waals surface area contributed by atoms with Crippen molar-refractivity contribution in [2.45, 2.75) is 31.6 Å². The molecule has 3 aromatic carbocycles. The van der Waals surface area contributed by atoms with Crippen LogP contribution in [0.5, 0.6) is 0 Å². The Morgan fingerprint density at radius 1 is 0.735 bits per heavy atom. The maximum Gasteiger partial charge on any atom is 0.222 e. The van der Waals surface area contributed by atoms with E-state index in [4.69, 9.17) is 0 Å². The van der Waals surface area contributed by atoms with Gasteiger partial charge < -0.3 is 4.90 Å². The Hall–Kier alpha value is -3.17. The van der Waals surface area contributed by atoms with Gasteiger partial charge in [0, 0.05) is 45.1 Å². The first kappa shape index (κ1) is 24.0. The highest BCUT2D eigenvalue weighted by atomic mass is 16.2. The van der Waals surface area contributed by atoms with E-state index in [9.17, 15) is 4.79 Å². The van der Waals surface area contributed by atoms with Crippen LogP contribution in [-0.4, -0.2) is 48.4 Å². The second-order valence-electron chi connectivity index (χ2n) is 9.11. The maximum absolute atomic E-state index is 12.8. The zero-order valence-corrected chi connectivity index (χ0v) is 20.1. The quantitative estimate of drug-likeness (QED) is 0.340. The van der Waals surface area contributed by atoms with Crippen LogP contribution >= 0.6 is 0 Å². The first-order valence-electron chi connectivity index (χ1n) is 12.6. The molecule has 3 aromatic rings. The number of hydrogen-bond acceptors (Lipinski definition) is 2. The molecule has 34 heavy (non-hydrogen) atoms. The summed E-state index contributed by atoms with van der Waals surface area (Å²) < 4.78 is 0. The Balaban J connectivity index is 1.18. The highest BCUT2D eigenvalue weighted by Crippen LogP contribution is 2.29. The number of carbonyl (C=O) groups is 1. The average molecular weight is 453 g/mol. The summed E-state index contributed by atoms with van der Waals surface area (Å²) in [5.74, 6) is 0.709. The van der Waals surface area contributed by atoms with Crippen LogP contribution in [0.4, 0.5) is 0 Å². The lowest BCUT2D eigenvalue weighted by atomic mass is 9.87. The SMILES string of the molecule is O=C(CCCCC(c1ccccc1)c1ccccc1)N1CCN(CC=Cc2ccccc2)CC1. The minimum Gasteiger partial charge on any atom is -0.340 e. The smallest absolute Gasteiger partial charge is 0.222 e. The Morgan fingerprint density at radius 3 is 1.88 bits per heavy atom. The van der Waals surface area contributed by atoms with Gasteiger partial charge in [0.1, 0.15) is 0 Å². The van der Waals surface area contributed by atoms with Gasteiger partial charge in [0.15, 0.2) is 0 Å². The summed E-state index contributed by atoms with van der Waals surface area (Å²) in [5.41, 5.74) is 3.95. The average Bonchev–Trinajstić information content (AvgIpc) is 2.90. The van der Waals surface area contributed by atoms with Crippen molar-refractivity contribution >= 4 is 12.0 Å². The predicted octanol–water partition coefficient (Wildman–Crippen LogP) is 6.24. The van der Waals surface area contributed by atoms with E-state index in [0.29, 0.717) is 18.2 Å². The van der Waals surface area contributed by atoms with Gasteiger partial charge in [-0.1, -0.05) is 110 Å². The van der Waals surface area contributed by atoms with E-state index in [1.165, 1.54) is 16.7 Å². The number of hydrogen-bond donors (Lipinski definition) is 0. The van der Waals surface area contributed by atoms with Gasteiger partial charge in [0.25, 0.3) is 0 Å². The fourth-order valence-electron chi connectivity index (χ4n) is 4.76. The lowest BCUT2D eigenvalue weighted by molar-refractivity contribution is -0.133. The summed E-state index contributed by atoms with van der Waals surface area (Å²) in [5, 5.41) is 0.